The Morgan fingerprint density at radius 3 is 2.08 bits per heavy atom. The van der Waals surface area contributed by atoms with E-state index < -0.39 is 0 Å². The van der Waals surface area contributed by atoms with Gasteiger partial charge in [0.2, 0.25) is 0 Å². The van der Waals surface area contributed by atoms with Gasteiger partial charge in [0.05, 0.1) is 13.2 Å². The summed E-state index contributed by atoms with van der Waals surface area (Å²) in [7, 11) is 0. The molecular formula is C36H40O4. The summed E-state index contributed by atoms with van der Waals surface area (Å²) in [6, 6.07) is 24.2. The highest BCUT2D eigenvalue weighted by molar-refractivity contribution is 5.98. The maximum atomic E-state index is 6.68. The van der Waals surface area contributed by atoms with E-state index >= 15 is 0 Å². The highest BCUT2D eigenvalue weighted by atomic mass is 16.6. The van der Waals surface area contributed by atoms with Crippen LogP contribution < -0.4 is 9.47 Å². The van der Waals surface area contributed by atoms with Crippen molar-refractivity contribution in [3.63, 3.8) is 0 Å². The Morgan fingerprint density at radius 2 is 1.35 bits per heavy atom. The van der Waals surface area contributed by atoms with Crippen molar-refractivity contribution in [2.24, 2.45) is 11.8 Å². The molecule has 0 N–H and O–H groups in total. The molecule has 40 heavy (non-hydrogen) atoms. The van der Waals surface area contributed by atoms with Gasteiger partial charge in [0.15, 0.2) is 0 Å². The van der Waals surface area contributed by atoms with E-state index in [1.165, 1.54) is 42.0 Å². The Morgan fingerprint density at radius 1 is 0.725 bits per heavy atom. The predicted octanol–water partition coefficient (Wildman–Crippen LogP) is 8.32. The lowest BCUT2D eigenvalue weighted by molar-refractivity contribution is 0.194. The Bertz CT molecular complexity index is 1520. The second-order valence-corrected chi connectivity index (χ2v) is 12.8. The third kappa shape index (κ3) is 5.08. The Balaban J connectivity index is 1.34. The summed E-state index contributed by atoms with van der Waals surface area (Å²) < 4.78 is 24.1. The topological polar surface area (TPSA) is 43.5 Å². The summed E-state index contributed by atoms with van der Waals surface area (Å²) in [4.78, 5) is 0. The molecule has 3 fully saturated rings. The van der Waals surface area contributed by atoms with Crippen LogP contribution in [0.1, 0.15) is 52.0 Å². The van der Waals surface area contributed by atoms with E-state index in [4.69, 9.17) is 18.9 Å². The van der Waals surface area contributed by atoms with Crippen LogP contribution in [0.2, 0.25) is 0 Å². The summed E-state index contributed by atoms with van der Waals surface area (Å²) in [5.41, 5.74) is 3.58. The van der Waals surface area contributed by atoms with Gasteiger partial charge in [-0.1, -0.05) is 94.3 Å². The van der Waals surface area contributed by atoms with Gasteiger partial charge in [-0.2, -0.15) is 0 Å². The average molecular weight is 537 g/mol. The average Bonchev–Trinajstić information content (AvgIpc) is 3.90. The lowest BCUT2D eigenvalue weighted by atomic mass is 9.65. The van der Waals surface area contributed by atoms with E-state index in [0.717, 1.165) is 52.5 Å². The monoisotopic (exact) mass is 536 g/mol. The summed E-state index contributed by atoms with van der Waals surface area (Å²) in [6.45, 7) is 9.98. The van der Waals surface area contributed by atoms with Crippen molar-refractivity contribution in [3.8, 4) is 22.6 Å². The van der Waals surface area contributed by atoms with Crippen molar-refractivity contribution >= 4 is 21.5 Å². The summed E-state index contributed by atoms with van der Waals surface area (Å²) in [6.07, 6.45) is 5.58. The van der Waals surface area contributed by atoms with Crippen LogP contribution in [0.5, 0.6) is 11.5 Å². The van der Waals surface area contributed by atoms with Gasteiger partial charge < -0.3 is 18.9 Å². The molecule has 208 valence electrons. The molecule has 4 nitrogen and oxygen atoms in total. The van der Waals surface area contributed by atoms with Crippen LogP contribution in [0, 0.1) is 11.8 Å². The molecule has 4 aromatic carbocycles. The van der Waals surface area contributed by atoms with Crippen LogP contribution in [-0.2, 0) is 14.9 Å². The van der Waals surface area contributed by atoms with Crippen LogP contribution in [-0.4, -0.2) is 38.6 Å². The van der Waals surface area contributed by atoms with Crippen molar-refractivity contribution < 1.29 is 18.9 Å². The molecule has 2 atom stereocenters. The number of rotatable bonds is 9. The molecule has 0 aromatic heterocycles. The zero-order valence-electron chi connectivity index (χ0n) is 24.0. The van der Waals surface area contributed by atoms with Gasteiger partial charge in [0.1, 0.15) is 36.9 Å². The van der Waals surface area contributed by atoms with Gasteiger partial charge >= 0.3 is 0 Å². The van der Waals surface area contributed by atoms with Crippen LogP contribution in [0.3, 0.4) is 0 Å². The normalized spacial score (nSPS) is 24.3. The zero-order chi connectivity index (χ0) is 27.3. The van der Waals surface area contributed by atoms with E-state index in [9.17, 15) is 0 Å². The third-order valence-corrected chi connectivity index (χ3v) is 9.53. The molecule has 0 radical (unpaired) electrons. The fourth-order valence-electron chi connectivity index (χ4n) is 6.63. The zero-order valence-corrected chi connectivity index (χ0v) is 24.0. The first kappa shape index (κ1) is 25.9. The van der Waals surface area contributed by atoms with E-state index in [1.54, 1.807) is 0 Å². The fraction of sp³-hybridized carbons (Fsp3) is 0.444. The second kappa shape index (κ2) is 10.4. The molecule has 2 heterocycles. The van der Waals surface area contributed by atoms with Crippen molar-refractivity contribution in [2.45, 2.75) is 64.1 Å². The molecule has 7 rings (SSSR count). The molecule has 0 spiro atoms. The van der Waals surface area contributed by atoms with Gasteiger partial charge in [-0.05, 0) is 52.5 Å². The quantitative estimate of drug-likeness (QED) is 0.202. The minimum atomic E-state index is 0.0194. The maximum Gasteiger partial charge on any atom is 0.135 e. The first-order chi connectivity index (χ1) is 19.5. The second-order valence-electron chi connectivity index (χ2n) is 12.8. The van der Waals surface area contributed by atoms with Crippen molar-refractivity contribution in [1.82, 2.24) is 0 Å². The number of ether oxygens (including phenoxy) is 4. The number of hydrogen-bond acceptors (Lipinski definition) is 4. The predicted molar refractivity (Wildman–Crippen MR) is 162 cm³/mol. The Labute approximate surface area is 237 Å². The first-order valence-electron chi connectivity index (χ1n) is 15.1. The van der Waals surface area contributed by atoms with Gasteiger partial charge in [-0.25, -0.2) is 0 Å². The number of benzene rings is 4. The number of hydrogen-bond donors (Lipinski definition) is 0. The lowest BCUT2D eigenvalue weighted by Crippen LogP contribution is -2.32. The standard InChI is InChI=1S/C36H40O4/c1-23-8-14-27(15-9-23)36(2,3)33-17-13-25-10-11-26(18-32(25)35(33)40-22-29-20-38-29)31-16-12-24-6-4-5-7-30(24)34(31)39-21-28-19-37-28/h4-7,10-13,16-18,23,27-29H,8-9,14-15,19-22H2,1-3H3. The highest BCUT2D eigenvalue weighted by Crippen LogP contribution is 2.48. The molecule has 4 aromatic rings. The molecule has 1 saturated carbocycles. The van der Waals surface area contributed by atoms with Gasteiger partial charge in [0.25, 0.3) is 0 Å². The summed E-state index contributed by atoms with van der Waals surface area (Å²) in [5.74, 6) is 3.43. The van der Waals surface area contributed by atoms with E-state index in [1.807, 2.05) is 0 Å². The number of epoxide rings is 2. The van der Waals surface area contributed by atoms with E-state index in [0.29, 0.717) is 19.1 Å². The molecule has 2 saturated heterocycles. The molecule has 0 bridgehead atoms. The van der Waals surface area contributed by atoms with Crippen molar-refractivity contribution in [1.29, 1.82) is 0 Å². The molecule has 2 aliphatic heterocycles. The molecule has 4 heteroatoms. The molecule has 2 unspecified atom stereocenters. The van der Waals surface area contributed by atoms with Crippen molar-refractivity contribution in [3.05, 3.63) is 72.3 Å². The molecule has 1 aliphatic carbocycles. The minimum Gasteiger partial charge on any atom is -0.490 e. The molecule has 0 amide bonds. The van der Waals surface area contributed by atoms with Crippen LogP contribution in [0.15, 0.2) is 66.7 Å². The third-order valence-electron chi connectivity index (χ3n) is 9.53. The summed E-state index contributed by atoms with van der Waals surface area (Å²) in [5, 5.41) is 4.67. The first-order valence-corrected chi connectivity index (χ1v) is 15.1. The van der Waals surface area contributed by atoms with Crippen LogP contribution >= 0.6 is 0 Å². The minimum absolute atomic E-state index is 0.0194. The maximum absolute atomic E-state index is 6.68. The highest BCUT2D eigenvalue weighted by Gasteiger charge is 2.37. The van der Waals surface area contributed by atoms with Gasteiger partial charge in [-0.3, -0.25) is 0 Å². The fourth-order valence-corrected chi connectivity index (χ4v) is 6.63. The molecule has 3 aliphatic rings. The van der Waals surface area contributed by atoms with E-state index in [-0.39, 0.29) is 17.6 Å². The van der Waals surface area contributed by atoms with E-state index in [2.05, 4.69) is 87.5 Å². The number of fused-ring (bicyclic) bond motifs is 2. The Hall–Kier alpha value is -3.08. The smallest absolute Gasteiger partial charge is 0.135 e. The van der Waals surface area contributed by atoms with Gasteiger partial charge in [0, 0.05) is 21.9 Å². The van der Waals surface area contributed by atoms with Gasteiger partial charge in [-0.15, -0.1) is 0 Å². The largest absolute Gasteiger partial charge is 0.490 e. The van der Waals surface area contributed by atoms with Crippen LogP contribution in [0.4, 0.5) is 0 Å². The lowest BCUT2D eigenvalue weighted by Gasteiger charge is -2.40. The van der Waals surface area contributed by atoms with Crippen molar-refractivity contribution in [2.75, 3.05) is 26.4 Å². The summed E-state index contributed by atoms with van der Waals surface area (Å²) >= 11 is 0. The SMILES string of the molecule is CC1CCC(C(C)(C)c2ccc3ccc(-c4ccc5ccccc5c4OCC4CO4)cc3c2OCC2CO2)CC1. The molecular weight excluding hydrogens is 496 g/mol. The Kier molecular flexibility index (Phi) is 6.72. The van der Waals surface area contributed by atoms with Crippen LogP contribution in [0.25, 0.3) is 32.7 Å².